The van der Waals surface area contributed by atoms with Crippen molar-refractivity contribution in [3.63, 3.8) is 0 Å². The molecule has 3 heteroatoms. The van der Waals surface area contributed by atoms with E-state index in [1.807, 2.05) is 12.1 Å². The van der Waals surface area contributed by atoms with E-state index in [4.69, 9.17) is 4.42 Å². The molecule has 2 heterocycles. The monoisotopic (exact) mass is 504 g/mol. The molecule has 0 N–H and O–H groups in total. The van der Waals surface area contributed by atoms with Crippen molar-refractivity contribution < 1.29 is 13.4 Å². The largest absolute Gasteiger partial charge is 0.454 e. The Morgan fingerprint density at radius 2 is 1.55 bits per heavy atom. The van der Waals surface area contributed by atoms with E-state index in [1.54, 1.807) is 6.07 Å². The normalized spacial score (nSPS) is 17.1. The van der Waals surface area contributed by atoms with Gasteiger partial charge in [-0.25, -0.2) is 8.96 Å². The predicted octanol–water partition coefficient (Wildman–Crippen LogP) is 8.97. The van der Waals surface area contributed by atoms with Crippen LogP contribution in [0.2, 0.25) is 0 Å². The van der Waals surface area contributed by atoms with Crippen molar-refractivity contribution in [3.05, 3.63) is 88.9 Å². The van der Waals surface area contributed by atoms with Crippen molar-refractivity contribution in [3.8, 4) is 22.4 Å². The number of furan rings is 1. The second-order valence-corrected chi connectivity index (χ2v) is 12.4. The van der Waals surface area contributed by atoms with Crippen LogP contribution in [0.3, 0.4) is 0 Å². The molecule has 0 amide bonds. The van der Waals surface area contributed by atoms with Crippen LogP contribution in [0.15, 0.2) is 65.2 Å². The maximum atomic E-state index is 15.9. The topological polar surface area (TPSA) is 17.0 Å². The summed E-state index contributed by atoms with van der Waals surface area (Å²) in [5.41, 5.74) is 10.9. The van der Waals surface area contributed by atoms with Gasteiger partial charge in [0, 0.05) is 22.9 Å². The Bertz CT molecular complexity index is 1740. The van der Waals surface area contributed by atoms with E-state index >= 15 is 4.39 Å². The third-order valence-corrected chi connectivity index (χ3v) is 9.12. The summed E-state index contributed by atoms with van der Waals surface area (Å²) in [6.07, 6.45) is 9.28. The summed E-state index contributed by atoms with van der Waals surface area (Å²) in [5, 5.41) is 2.01. The van der Waals surface area contributed by atoms with Crippen molar-refractivity contribution in [2.24, 2.45) is 12.5 Å². The first-order valence-corrected chi connectivity index (χ1v) is 14.1. The van der Waals surface area contributed by atoms with Crippen molar-refractivity contribution in [2.45, 2.75) is 65.2 Å². The molecule has 192 valence electrons. The van der Waals surface area contributed by atoms with E-state index in [0.717, 1.165) is 51.6 Å². The van der Waals surface area contributed by atoms with Gasteiger partial charge in [0.25, 0.3) is 0 Å². The smallest absolute Gasteiger partial charge is 0.216 e. The molecular formula is C35H35FNO+. The van der Waals surface area contributed by atoms with Gasteiger partial charge in [-0.05, 0) is 90.0 Å². The van der Waals surface area contributed by atoms with Gasteiger partial charge in [0.15, 0.2) is 6.20 Å². The average molecular weight is 505 g/mol. The molecule has 2 nitrogen and oxygen atoms in total. The number of hydrogen-bond acceptors (Lipinski definition) is 1. The van der Waals surface area contributed by atoms with Gasteiger partial charge in [-0.15, -0.1) is 0 Å². The lowest BCUT2D eigenvalue weighted by atomic mass is 9.86. The maximum Gasteiger partial charge on any atom is 0.216 e. The Labute approximate surface area is 224 Å². The Balaban J connectivity index is 1.51. The molecule has 0 spiro atoms. The van der Waals surface area contributed by atoms with Crippen molar-refractivity contribution in [2.75, 3.05) is 0 Å². The SMILES string of the molecule is Cc1ccc2c(oc3c(-c4ccc(C5CCCC5)c5c4CC(C)(C)C5)c(F)ccc32)c1-c1cccc[n+]1C. The zero-order valence-corrected chi connectivity index (χ0v) is 22.8. The number of rotatable bonds is 3. The summed E-state index contributed by atoms with van der Waals surface area (Å²) in [4.78, 5) is 0. The van der Waals surface area contributed by atoms with Gasteiger partial charge in [-0.1, -0.05) is 51.0 Å². The second-order valence-electron chi connectivity index (χ2n) is 12.4. The molecule has 2 aliphatic carbocycles. The van der Waals surface area contributed by atoms with Crippen LogP contribution in [0.4, 0.5) is 4.39 Å². The minimum atomic E-state index is -0.208. The molecule has 0 aliphatic heterocycles. The highest BCUT2D eigenvalue weighted by Crippen LogP contribution is 2.49. The molecule has 2 aromatic heterocycles. The standard InChI is InChI=1S/C35H35FNO/c1-21-12-13-25-26-16-17-29(36)32(34(26)38-33(25)31(21)30-11-7-8-18-37(30)4)24-15-14-23(22-9-5-6-10-22)27-19-35(2,3)20-28(24)27/h7-8,11-18,22H,5-6,9-10,19-20H2,1-4H3/q+1. The zero-order valence-electron chi connectivity index (χ0n) is 22.8. The van der Waals surface area contributed by atoms with E-state index in [0.29, 0.717) is 17.1 Å². The Hall–Kier alpha value is -3.46. The lowest BCUT2D eigenvalue weighted by molar-refractivity contribution is -0.660. The molecule has 5 aromatic rings. The quantitative estimate of drug-likeness (QED) is 0.224. The second kappa shape index (κ2) is 8.53. The first-order valence-electron chi connectivity index (χ1n) is 14.1. The van der Waals surface area contributed by atoms with Gasteiger partial charge in [0.2, 0.25) is 5.69 Å². The number of halogens is 1. The van der Waals surface area contributed by atoms with Crippen LogP contribution < -0.4 is 4.57 Å². The summed E-state index contributed by atoms with van der Waals surface area (Å²) in [5.74, 6) is 0.441. The molecule has 38 heavy (non-hydrogen) atoms. The fourth-order valence-electron chi connectivity index (χ4n) is 7.33. The fourth-order valence-corrected chi connectivity index (χ4v) is 7.33. The van der Waals surface area contributed by atoms with Gasteiger partial charge in [0.1, 0.15) is 24.0 Å². The van der Waals surface area contributed by atoms with E-state index in [9.17, 15) is 0 Å². The summed E-state index contributed by atoms with van der Waals surface area (Å²) < 4.78 is 24.7. The first-order chi connectivity index (χ1) is 18.3. The Kier molecular flexibility index (Phi) is 5.30. The van der Waals surface area contributed by atoms with Crippen LogP contribution in [0, 0.1) is 18.2 Å². The van der Waals surface area contributed by atoms with Crippen LogP contribution in [0.5, 0.6) is 0 Å². The number of aryl methyl sites for hydroxylation is 2. The number of benzene rings is 3. The molecule has 3 aromatic carbocycles. The van der Waals surface area contributed by atoms with Crippen molar-refractivity contribution >= 4 is 21.9 Å². The minimum absolute atomic E-state index is 0.177. The van der Waals surface area contributed by atoms with Crippen LogP contribution in [0.1, 0.15) is 67.7 Å². The van der Waals surface area contributed by atoms with Crippen molar-refractivity contribution in [1.82, 2.24) is 0 Å². The van der Waals surface area contributed by atoms with Gasteiger partial charge in [-0.3, -0.25) is 0 Å². The molecule has 1 fully saturated rings. The van der Waals surface area contributed by atoms with E-state index in [2.05, 4.69) is 75.0 Å². The van der Waals surface area contributed by atoms with E-state index < -0.39 is 0 Å². The van der Waals surface area contributed by atoms with Crippen LogP contribution >= 0.6 is 0 Å². The van der Waals surface area contributed by atoms with Crippen LogP contribution in [0.25, 0.3) is 44.3 Å². The Morgan fingerprint density at radius 1 is 0.842 bits per heavy atom. The number of fused-ring (bicyclic) bond motifs is 4. The van der Waals surface area contributed by atoms with E-state index in [1.165, 1.54) is 42.4 Å². The summed E-state index contributed by atoms with van der Waals surface area (Å²) in [7, 11) is 2.05. The third-order valence-electron chi connectivity index (χ3n) is 9.12. The molecule has 0 saturated heterocycles. The van der Waals surface area contributed by atoms with E-state index in [-0.39, 0.29) is 11.2 Å². The molecule has 7 rings (SSSR count). The molecular weight excluding hydrogens is 469 g/mol. The fraction of sp³-hybridized carbons (Fsp3) is 0.343. The molecule has 0 unspecified atom stereocenters. The van der Waals surface area contributed by atoms with Crippen LogP contribution in [-0.4, -0.2) is 0 Å². The van der Waals surface area contributed by atoms with Gasteiger partial charge >= 0.3 is 0 Å². The minimum Gasteiger partial charge on any atom is -0.454 e. The Morgan fingerprint density at radius 3 is 2.32 bits per heavy atom. The molecule has 0 bridgehead atoms. The number of pyridine rings is 1. The van der Waals surface area contributed by atoms with Gasteiger partial charge < -0.3 is 4.42 Å². The summed E-state index contributed by atoms with van der Waals surface area (Å²) in [6, 6.07) is 18.5. The first kappa shape index (κ1) is 23.6. The highest BCUT2D eigenvalue weighted by Gasteiger charge is 2.35. The summed E-state index contributed by atoms with van der Waals surface area (Å²) >= 11 is 0. The van der Waals surface area contributed by atoms with Crippen molar-refractivity contribution in [1.29, 1.82) is 0 Å². The lowest BCUT2D eigenvalue weighted by Crippen LogP contribution is -2.30. The molecule has 0 radical (unpaired) electrons. The zero-order chi connectivity index (χ0) is 26.2. The number of nitrogens with zero attached hydrogens (tertiary/aromatic N) is 1. The van der Waals surface area contributed by atoms with Gasteiger partial charge in [-0.2, -0.15) is 0 Å². The lowest BCUT2D eigenvalue weighted by Gasteiger charge is -2.18. The maximum absolute atomic E-state index is 15.9. The van der Waals surface area contributed by atoms with Gasteiger partial charge in [0.05, 0.1) is 11.1 Å². The third kappa shape index (κ3) is 3.55. The molecule has 1 saturated carbocycles. The molecule has 0 atom stereocenters. The summed E-state index contributed by atoms with van der Waals surface area (Å²) in [6.45, 7) is 6.82. The highest BCUT2D eigenvalue weighted by molar-refractivity contribution is 6.13. The average Bonchev–Trinajstić information content (AvgIpc) is 3.61. The highest BCUT2D eigenvalue weighted by atomic mass is 19.1. The number of aromatic nitrogens is 1. The van der Waals surface area contributed by atoms with Crippen LogP contribution in [-0.2, 0) is 19.9 Å². The molecule has 2 aliphatic rings. The predicted molar refractivity (Wildman–Crippen MR) is 153 cm³/mol. The number of hydrogen-bond donors (Lipinski definition) is 0.